The number of nitrogens with zero attached hydrogens (tertiary/aromatic N) is 8. The van der Waals surface area contributed by atoms with Crippen LogP contribution in [0.1, 0.15) is 52.4 Å². The molecule has 4 aliphatic heterocycles. The molecule has 6 heterocycles. The molecular formula is C47H51N11O9. The number of piperidine rings is 2. The normalized spacial score (nSPS) is 18.4. The molecule has 3 fully saturated rings. The number of benzene rings is 3. The Hall–Kier alpha value is -7.13. The van der Waals surface area contributed by atoms with Crippen LogP contribution in [-0.4, -0.2) is 160 Å². The summed E-state index contributed by atoms with van der Waals surface area (Å²) in [4.78, 5) is 92.0. The van der Waals surface area contributed by atoms with Crippen LogP contribution in [0, 0.1) is 0 Å². The van der Waals surface area contributed by atoms with Crippen LogP contribution in [0.4, 0.5) is 11.5 Å². The number of likely N-dealkylation sites (tertiary alicyclic amines) is 1. The van der Waals surface area contributed by atoms with Crippen molar-refractivity contribution in [1.82, 2.24) is 44.7 Å². The third-order valence-corrected chi connectivity index (χ3v) is 12.5. The molecule has 1 atom stereocenters. The summed E-state index contributed by atoms with van der Waals surface area (Å²) in [5.74, 6) is -0.930. The van der Waals surface area contributed by atoms with E-state index in [2.05, 4.69) is 30.4 Å². The number of anilines is 2. The van der Waals surface area contributed by atoms with E-state index >= 15 is 0 Å². The largest absolute Gasteiger partial charge is 0.457 e. The number of piperazine rings is 1. The summed E-state index contributed by atoms with van der Waals surface area (Å²) in [7, 11) is 0. The third-order valence-electron chi connectivity index (χ3n) is 12.5. The maximum atomic E-state index is 13.5. The molecule has 4 N–H and O–H groups in total. The number of rotatable bonds is 16. The van der Waals surface area contributed by atoms with Gasteiger partial charge in [0.15, 0.2) is 5.65 Å². The lowest BCUT2D eigenvalue weighted by Gasteiger charge is -2.37. The molecule has 20 heteroatoms. The van der Waals surface area contributed by atoms with Crippen molar-refractivity contribution >= 4 is 58.0 Å². The predicted molar refractivity (Wildman–Crippen MR) is 243 cm³/mol. The van der Waals surface area contributed by atoms with Crippen LogP contribution in [0.25, 0.3) is 22.3 Å². The van der Waals surface area contributed by atoms with E-state index in [0.29, 0.717) is 66.8 Å². The molecule has 2 aromatic heterocycles. The summed E-state index contributed by atoms with van der Waals surface area (Å²) in [6.07, 6.45) is 3.01. The number of fused-ring (bicyclic) bond motifs is 2. The zero-order valence-electron chi connectivity index (χ0n) is 36.8. The molecule has 5 aromatic rings. The average molecular weight is 914 g/mol. The number of carbonyl (C=O) groups is 6. The van der Waals surface area contributed by atoms with Gasteiger partial charge in [-0.25, -0.2) is 14.6 Å². The van der Waals surface area contributed by atoms with Crippen LogP contribution < -0.4 is 21.1 Å². The first-order valence-corrected chi connectivity index (χ1v) is 22.4. The molecule has 3 saturated heterocycles. The van der Waals surface area contributed by atoms with Gasteiger partial charge in [0.1, 0.15) is 42.0 Å². The van der Waals surface area contributed by atoms with Crippen molar-refractivity contribution < 1.29 is 43.0 Å². The zero-order valence-corrected chi connectivity index (χ0v) is 36.8. The molecule has 4 aliphatic rings. The summed E-state index contributed by atoms with van der Waals surface area (Å²) >= 11 is 0. The minimum absolute atomic E-state index is 0.0236. The van der Waals surface area contributed by atoms with Crippen molar-refractivity contribution in [2.75, 3.05) is 89.8 Å². The molecule has 348 valence electrons. The number of carbonyl (C=O) groups excluding carboxylic acids is 6. The number of hydrogen-bond acceptors (Lipinski definition) is 15. The van der Waals surface area contributed by atoms with E-state index in [9.17, 15) is 28.8 Å². The molecule has 0 spiro atoms. The van der Waals surface area contributed by atoms with Gasteiger partial charge in [0.2, 0.25) is 23.6 Å². The Bertz CT molecular complexity index is 2660. The third kappa shape index (κ3) is 10.2. The fraction of sp³-hybridized carbons (Fsp3) is 0.383. The molecule has 9 rings (SSSR count). The zero-order chi connectivity index (χ0) is 46.4. The fourth-order valence-corrected chi connectivity index (χ4v) is 8.90. The Morgan fingerprint density at radius 3 is 2.25 bits per heavy atom. The van der Waals surface area contributed by atoms with E-state index < -0.39 is 35.6 Å². The first-order valence-electron chi connectivity index (χ1n) is 22.4. The fourth-order valence-electron chi connectivity index (χ4n) is 8.90. The van der Waals surface area contributed by atoms with Gasteiger partial charge < -0.3 is 30.2 Å². The van der Waals surface area contributed by atoms with Gasteiger partial charge in [0.05, 0.1) is 48.9 Å². The van der Waals surface area contributed by atoms with E-state index in [1.807, 2.05) is 64.2 Å². The van der Waals surface area contributed by atoms with E-state index in [-0.39, 0.29) is 49.1 Å². The second-order valence-electron chi connectivity index (χ2n) is 16.8. The van der Waals surface area contributed by atoms with Crippen LogP contribution in [0.5, 0.6) is 11.5 Å². The Morgan fingerprint density at radius 1 is 0.776 bits per heavy atom. The summed E-state index contributed by atoms with van der Waals surface area (Å²) in [6.45, 7) is 6.24. The number of imide groups is 2. The van der Waals surface area contributed by atoms with E-state index in [0.717, 1.165) is 61.8 Å². The predicted octanol–water partition coefficient (Wildman–Crippen LogP) is 2.72. The lowest BCUT2D eigenvalue weighted by molar-refractivity contribution is -0.136. The SMILES string of the molecule is Nc1ncnc2c1c(-c1ccc(Oc3ccccc3)cc1)nn2C1CCN(C(=O)CN2CCN(CCOCCOCC(=O)Nc3ccc4c(c3)C(=O)N(C3CCC(=O)NC3=O)C4=O)CC2)CC1. The topological polar surface area (TPSA) is 237 Å². The first kappa shape index (κ1) is 45.0. The second kappa shape index (κ2) is 20.2. The number of nitrogens with two attached hydrogens (primary N) is 1. The van der Waals surface area contributed by atoms with Gasteiger partial charge in [-0.1, -0.05) is 18.2 Å². The highest BCUT2D eigenvalue weighted by atomic mass is 16.5. The van der Waals surface area contributed by atoms with Crippen molar-refractivity contribution in [1.29, 1.82) is 0 Å². The quantitative estimate of drug-likeness (QED) is 0.0954. The Balaban J connectivity index is 0.654. The number of hydrogen-bond donors (Lipinski definition) is 3. The van der Waals surface area contributed by atoms with Crippen LogP contribution in [0.2, 0.25) is 0 Å². The summed E-state index contributed by atoms with van der Waals surface area (Å²) in [5, 5.41) is 10.6. The second-order valence-corrected chi connectivity index (χ2v) is 16.8. The van der Waals surface area contributed by atoms with Crippen LogP contribution in [-0.2, 0) is 28.7 Å². The highest BCUT2D eigenvalue weighted by Crippen LogP contribution is 2.36. The monoisotopic (exact) mass is 913 g/mol. The highest BCUT2D eigenvalue weighted by molar-refractivity contribution is 6.24. The van der Waals surface area contributed by atoms with Gasteiger partial charge in [-0.05, 0) is 73.9 Å². The molecule has 0 saturated carbocycles. The van der Waals surface area contributed by atoms with Crippen molar-refractivity contribution in [3.8, 4) is 22.8 Å². The van der Waals surface area contributed by atoms with Gasteiger partial charge in [0.25, 0.3) is 11.8 Å². The number of nitrogens with one attached hydrogen (secondary N) is 2. The molecule has 6 amide bonds. The minimum Gasteiger partial charge on any atom is -0.457 e. The van der Waals surface area contributed by atoms with E-state index in [4.69, 9.17) is 25.0 Å². The smallest absolute Gasteiger partial charge is 0.262 e. The summed E-state index contributed by atoms with van der Waals surface area (Å²) in [6, 6.07) is 20.6. The molecule has 67 heavy (non-hydrogen) atoms. The lowest BCUT2D eigenvalue weighted by Crippen LogP contribution is -2.54. The summed E-state index contributed by atoms with van der Waals surface area (Å²) in [5.41, 5.74) is 9.14. The number of nitrogen functional groups attached to an aromatic ring is 1. The number of aromatic nitrogens is 4. The van der Waals surface area contributed by atoms with E-state index in [1.165, 1.54) is 24.5 Å². The minimum atomic E-state index is -1.07. The molecular weight excluding hydrogens is 863 g/mol. The number of ether oxygens (including phenoxy) is 3. The summed E-state index contributed by atoms with van der Waals surface area (Å²) < 4.78 is 19.2. The Labute approximate surface area is 385 Å². The Kier molecular flexibility index (Phi) is 13.6. The maximum absolute atomic E-state index is 13.5. The van der Waals surface area contributed by atoms with Gasteiger partial charge in [0, 0.05) is 63.5 Å². The number of para-hydroxylation sites is 1. The van der Waals surface area contributed by atoms with Crippen LogP contribution >= 0.6 is 0 Å². The molecule has 0 aliphatic carbocycles. The van der Waals surface area contributed by atoms with Crippen LogP contribution in [0.3, 0.4) is 0 Å². The van der Waals surface area contributed by atoms with Gasteiger partial charge in [-0.15, -0.1) is 0 Å². The van der Waals surface area contributed by atoms with Crippen LogP contribution in [0.15, 0.2) is 79.1 Å². The first-order chi connectivity index (χ1) is 32.6. The van der Waals surface area contributed by atoms with Crippen molar-refractivity contribution in [2.24, 2.45) is 0 Å². The highest BCUT2D eigenvalue weighted by Gasteiger charge is 2.44. The Morgan fingerprint density at radius 2 is 1.49 bits per heavy atom. The van der Waals surface area contributed by atoms with Gasteiger partial charge >= 0.3 is 0 Å². The average Bonchev–Trinajstić information content (AvgIpc) is 3.84. The van der Waals surface area contributed by atoms with Gasteiger partial charge in [-0.2, -0.15) is 5.10 Å². The molecule has 0 bridgehead atoms. The van der Waals surface area contributed by atoms with Gasteiger partial charge in [-0.3, -0.25) is 48.8 Å². The van der Waals surface area contributed by atoms with E-state index in [1.54, 1.807) is 0 Å². The maximum Gasteiger partial charge on any atom is 0.262 e. The molecule has 20 nitrogen and oxygen atoms in total. The van der Waals surface area contributed by atoms with Crippen molar-refractivity contribution in [3.63, 3.8) is 0 Å². The van der Waals surface area contributed by atoms with Crippen molar-refractivity contribution in [3.05, 3.63) is 90.3 Å². The standard InChI is InChI=1S/C47H51N11O9/c48-43-41-42(30-6-9-34(10-7-30)67-33-4-2-1-3-5-33)53-58(44(41)50-29-49-43)32-14-16-56(17-15-32)40(61)27-55-20-18-54(19-21-55)22-23-65-24-25-66-28-39(60)51-31-8-11-35-36(26-31)47(64)57(46(35)63)37-12-13-38(59)52-45(37)62/h1-11,26,29,32,37H,12-25,27-28H2,(H,51,60)(H2,48,49,50)(H,52,59,62). The molecule has 1 unspecified atom stereocenters. The van der Waals surface area contributed by atoms with Crippen molar-refractivity contribution in [2.45, 2.75) is 37.8 Å². The molecule has 3 aromatic carbocycles. The number of amides is 6. The molecule has 0 radical (unpaired) electrons. The lowest BCUT2D eigenvalue weighted by atomic mass is 10.0.